The molecule has 2 heterocycles. The van der Waals surface area contributed by atoms with Gasteiger partial charge >= 0.3 is 0 Å². The molecule has 6 rings (SSSR count). The lowest BCUT2D eigenvalue weighted by molar-refractivity contribution is -0.118. The van der Waals surface area contributed by atoms with Gasteiger partial charge in [0.15, 0.2) is 11.6 Å². The van der Waals surface area contributed by atoms with E-state index in [0.717, 1.165) is 30.4 Å². The highest BCUT2D eigenvalue weighted by Crippen LogP contribution is 2.52. The number of aromatic hydroxyl groups is 1. The van der Waals surface area contributed by atoms with Gasteiger partial charge in [-0.1, -0.05) is 30.3 Å². The number of carbonyl (C=O) groups excluding carboxylic acids is 1. The van der Waals surface area contributed by atoms with E-state index < -0.39 is 11.2 Å². The number of phenolic OH excluding ortho intramolecular Hbond substituents is 1. The number of hydrogen-bond donors (Lipinski definition) is 2. The van der Waals surface area contributed by atoms with Gasteiger partial charge in [-0.2, -0.15) is 0 Å². The molecule has 5 heteroatoms. The van der Waals surface area contributed by atoms with Crippen LogP contribution in [0.3, 0.4) is 0 Å². The van der Waals surface area contributed by atoms with Crippen LogP contribution in [0.25, 0.3) is 0 Å². The van der Waals surface area contributed by atoms with Gasteiger partial charge in [-0.3, -0.25) is 4.79 Å². The average Bonchev–Trinajstić information content (AvgIpc) is 3.46. The van der Waals surface area contributed by atoms with Crippen molar-refractivity contribution in [2.24, 2.45) is 0 Å². The SMILES string of the molecule is O=C1Nc2c(cc(F)c3c2CCO3)C1(c1ccc(O)cc1)c1ccc2c(c1)CCC2. The first kappa shape index (κ1) is 17.5. The number of nitrogens with one attached hydrogen (secondary N) is 1. The van der Waals surface area contributed by atoms with Crippen LogP contribution in [-0.4, -0.2) is 17.6 Å². The lowest BCUT2D eigenvalue weighted by atomic mass is 9.69. The molecule has 1 atom stereocenters. The van der Waals surface area contributed by atoms with E-state index in [1.54, 1.807) is 24.3 Å². The zero-order valence-corrected chi connectivity index (χ0v) is 16.3. The summed E-state index contributed by atoms with van der Waals surface area (Å²) in [4.78, 5) is 13.7. The number of phenols is 1. The van der Waals surface area contributed by atoms with Crippen molar-refractivity contribution in [3.63, 3.8) is 0 Å². The second kappa shape index (κ2) is 6.08. The second-order valence-corrected chi connectivity index (χ2v) is 8.28. The van der Waals surface area contributed by atoms with E-state index in [-0.39, 0.29) is 17.4 Å². The first-order valence-corrected chi connectivity index (χ1v) is 10.3. The van der Waals surface area contributed by atoms with Crippen molar-refractivity contribution in [3.8, 4) is 11.5 Å². The van der Waals surface area contributed by atoms with E-state index in [2.05, 4.69) is 17.4 Å². The van der Waals surface area contributed by atoms with Crippen LogP contribution in [0.15, 0.2) is 48.5 Å². The van der Waals surface area contributed by atoms with Crippen molar-refractivity contribution in [3.05, 3.63) is 87.7 Å². The molecule has 4 nitrogen and oxygen atoms in total. The molecule has 0 bridgehead atoms. The highest BCUT2D eigenvalue weighted by molar-refractivity contribution is 6.12. The molecule has 0 saturated carbocycles. The van der Waals surface area contributed by atoms with Crippen molar-refractivity contribution in [2.75, 3.05) is 11.9 Å². The first-order chi connectivity index (χ1) is 14.6. The van der Waals surface area contributed by atoms with E-state index in [1.807, 2.05) is 6.07 Å². The van der Waals surface area contributed by atoms with Crippen molar-refractivity contribution >= 4 is 11.6 Å². The molecule has 2 N–H and O–H groups in total. The molecular formula is C25H20FNO3. The summed E-state index contributed by atoms with van der Waals surface area (Å²) in [5, 5.41) is 12.9. The molecule has 1 amide bonds. The van der Waals surface area contributed by atoms with Crippen molar-refractivity contribution in [1.82, 2.24) is 0 Å². The highest BCUT2D eigenvalue weighted by Gasteiger charge is 2.52. The summed E-state index contributed by atoms with van der Waals surface area (Å²) in [6.07, 6.45) is 3.69. The normalized spacial score (nSPS) is 21.0. The number of amides is 1. The van der Waals surface area contributed by atoms with Crippen molar-refractivity contribution < 1.29 is 19.0 Å². The number of hydrogen-bond acceptors (Lipinski definition) is 3. The maximum atomic E-state index is 15.0. The highest BCUT2D eigenvalue weighted by atomic mass is 19.1. The van der Waals surface area contributed by atoms with E-state index in [9.17, 15) is 9.90 Å². The topological polar surface area (TPSA) is 58.6 Å². The largest absolute Gasteiger partial charge is 0.508 e. The lowest BCUT2D eigenvalue weighted by Crippen LogP contribution is -2.37. The van der Waals surface area contributed by atoms with Gasteiger partial charge in [0.2, 0.25) is 5.91 Å². The molecule has 3 aromatic rings. The summed E-state index contributed by atoms with van der Waals surface area (Å²) in [7, 11) is 0. The standard InChI is InChI=1S/C25H20FNO3/c26-21-13-20-22(19-10-11-30-23(19)21)27-24(29)25(20,16-6-8-18(28)9-7-16)17-5-4-14-2-1-3-15(14)12-17/h4-9,12-13,28H,1-3,10-11H2,(H,27,29). The van der Waals surface area contributed by atoms with E-state index >= 15 is 4.39 Å². The quantitative estimate of drug-likeness (QED) is 0.675. The minimum Gasteiger partial charge on any atom is -0.508 e. The Balaban J connectivity index is 1.68. The number of halogens is 1. The minimum absolute atomic E-state index is 0.120. The predicted molar refractivity (Wildman–Crippen MR) is 111 cm³/mol. The van der Waals surface area contributed by atoms with Crippen molar-refractivity contribution in [1.29, 1.82) is 0 Å². The number of rotatable bonds is 2. The summed E-state index contributed by atoms with van der Waals surface area (Å²) in [5.74, 6) is -0.289. The molecular weight excluding hydrogens is 381 g/mol. The van der Waals surface area contributed by atoms with Gasteiger partial charge in [-0.05, 0) is 59.7 Å². The summed E-state index contributed by atoms with van der Waals surface area (Å²) in [6, 6.07) is 14.3. The lowest BCUT2D eigenvalue weighted by Gasteiger charge is -2.30. The second-order valence-electron chi connectivity index (χ2n) is 8.28. The Morgan fingerprint density at radius 2 is 1.73 bits per heavy atom. The van der Waals surface area contributed by atoms with Crippen LogP contribution in [0, 0.1) is 5.82 Å². The number of fused-ring (bicyclic) bond motifs is 4. The fraction of sp³-hybridized carbons (Fsp3) is 0.240. The summed E-state index contributed by atoms with van der Waals surface area (Å²) in [5.41, 5.74) is 4.89. The third kappa shape index (κ3) is 2.18. The van der Waals surface area contributed by atoms with Gasteiger partial charge in [-0.15, -0.1) is 0 Å². The average molecular weight is 401 g/mol. The molecule has 0 radical (unpaired) electrons. The van der Waals surface area contributed by atoms with E-state index in [1.165, 1.54) is 17.2 Å². The fourth-order valence-electron chi connectivity index (χ4n) is 5.36. The maximum absolute atomic E-state index is 15.0. The zero-order chi connectivity index (χ0) is 20.5. The molecule has 150 valence electrons. The van der Waals surface area contributed by atoms with Crippen LogP contribution < -0.4 is 10.1 Å². The van der Waals surface area contributed by atoms with Crippen LogP contribution in [0.1, 0.15) is 39.8 Å². The summed E-state index contributed by atoms with van der Waals surface area (Å²) in [6.45, 7) is 0.406. The first-order valence-electron chi connectivity index (χ1n) is 10.3. The van der Waals surface area contributed by atoms with Gasteiger partial charge < -0.3 is 15.2 Å². The summed E-state index contributed by atoms with van der Waals surface area (Å²) < 4.78 is 20.5. The predicted octanol–water partition coefficient (Wildman–Crippen LogP) is 4.24. The molecule has 3 aromatic carbocycles. The number of benzene rings is 3. The number of anilines is 1. The van der Waals surface area contributed by atoms with Gasteiger partial charge in [0.05, 0.1) is 12.3 Å². The van der Waals surface area contributed by atoms with Crippen LogP contribution in [-0.2, 0) is 29.5 Å². The van der Waals surface area contributed by atoms with Gasteiger partial charge in [0.25, 0.3) is 0 Å². The van der Waals surface area contributed by atoms with Gasteiger partial charge in [-0.25, -0.2) is 4.39 Å². The fourth-order valence-corrected chi connectivity index (χ4v) is 5.36. The Morgan fingerprint density at radius 3 is 2.57 bits per heavy atom. The maximum Gasteiger partial charge on any atom is 0.244 e. The van der Waals surface area contributed by atoms with Crippen LogP contribution in [0.5, 0.6) is 11.5 Å². The third-order valence-electron chi connectivity index (χ3n) is 6.75. The number of carbonyl (C=O) groups is 1. The Labute approximate surface area is 173 Å². The molecule has 0 saturated heterocycles. The van der Waals surface area contributed by atoms with Crippen LogP contribution >= 0.6 is 0 Å². The molecule has 2 aliphatic heterocycles. The molecule has 1 aliphatic carbocycles. The number of ether oxygens (including phenoxy) is 1. The van der Waals surface area contributed by atoms with E-state index in [0.29, 0.717) is 29.8 Å². The van der Waals surface area contributed by atoms with Crippen LogP contribution in [0.2, 0.25) is 0 Å². The Morgan fingerprint density at radius 1 is 0.967 bits per heavy atom. The smallest absolute Gasteiger partial charge is 0.244 e. The molecule has 0 spiro atoms. The Hall–Kier alpha value is -3.34. The molecule has 3 aliphatic rings. The molecule has 0 fully saturated rings. The van der Waals surface area contributed by atoms with Crippen molar-refractivity contribution in [2.45, 2.75) is 31.1 Å². The van der Waals surface area contributed by atoms with Gasteiger partial charge in [0.1, 0.15) is 11.2 Å². The third-order valence-corrected chi connectivity index (χ3v) is 6.75. The minimum atomic E-state index is -1.18. The van der Waals surface area contributed by atoms with E-state index in [4.69, 9.17) is 4.74 Å². The summed E-state index contributed by atoms with van der Waals surface area (Å²) >= 11 is 0. The molecule has 30 heavy (non-hydrogen) atoms. The molecule has 1 unspecified atom stereocenters. The molecule has 0 aromatic heterocycles. The monoisotopic (exact) mass is 401 g/mol. The number of aryl methyl sites for hydroxylation is 2. The Bertz CT molecular complexity index is 1220. The van der Waals surface area contributed by atoms with Crippen LogP contribution in [0.4, 0.5) is 10.1 Å². The van der Waals surface area contributed by atoms with Gasteiger partial charge in [0, 0.05) is 17.5 Å². The Kier molecular flexibility index (Phi) is 3.55. The zero-order valence-electron chi connectivity index (χ0n) is 16.3.